The normalized spacial score (nSPS) is 21.4. The number of hydrogen-bond acceptors (Lipinski definition) is 2. The summed E-state index contributed by atoms with van der Waals surface area (Å²) in [7, 11) is 0. The molecule has 1 saturated carbocycles. The Morgan fingerprint density at radius 3 is 1.46 bits per heavy atom. The minimum atomic E-state index is 0.670. The first-order chi connectivity index (χ1) is 13.7. The van der Waals surface area contributed by atoms with Crippen LogP contribution in [0.5, 0.6) is 0 Å². The Balaban J connectivity index is 1.64. The highest BCUT2D eigenvalue weighted by Crippen LogP contribution is 2.38. The lowest BCUT2D eigenvalue weighted by molar-refractivity contribution is 0.189. The molecule has 144 valence electrons. The molecular weight excluding hydrogens is 348 g/mol. The van der Waals surface area contributed by atoms with Crippen LogP contribution in [0.3, 0.4) is 0 Å². The van der Waals surface area contributed by atoms with Crippen LogP contribution in [0.2, 0.25) is 0 Å². The molecule has 1 fully saturated rings. The molecule has 0 amide bonds. The van der Waals surface area contributed by atoms with Crippen LogP contribution in [0, 0.1) is 17.8 Å². The van der Waals surface area contributed by atoms with Gasteiger partial charge in [0.05, 0.1) is 0 Å². The highest BCUT2D eigenvalue weighted by Gasteiger charge is 2.28. The van der Waals surface area contributed by atoms with E-state index in [1.165, 1.54) is 36.8 Å². The minimum Gasteiger partial charge on any atom is -0.0651 e. The molecule has 3 rings (SSSR count). The predicted octanol–water partition coefficient (Wildman–Crippen LogP) is 7.80. The van der Waals surface area contributed by atoms with Crippen LogP contribution in [0.15, 0.2) is 58.8 Å². The summed E-state index contributed by atoms with van der Waals surface area (Å²) in [6, 6.07) is 15.9. The summed E-state index contributed by atoms with van der Waals surface area (Å²) in [5.74, 6) is 2.17. The van der Waals surface area contributed by atoms with Crippen molar-refractivity contribution in [2.75, 3.05) is 0 Å². The summed E-state index contributed by atoms with van der Waals surface area (Å²) in [4.78, 5) is 5.68. The zero-order valence-corrected chi connectivity index (χ0v) is 16.3. The molecule has 0 aliphatic heterocycles. The van der Waals surface area contributed by atoms with E-state index < -0.39 is 0 Å². The van der Waals surface area contributed by atoms with E-state index in [2.05, 4.69) is 51.2 Å². The fraction of sp³-hybridized carbons (Fsp3) is 0.455. The highest BCUT2D eigenvalue weighted by molar-refractivity contribution is 5.39. The summed E-state index contributed by atoms with van der Waals surface area (Å²) in [5.41, 5.74) is 21.0. The van der Waals surface area contributed by atoms with E-state index in [1.54, 1.807) is 0 Å². The van der Waals surface area contributed by atoms with Gasteiger partial charge in [-0.1, -0.05) is 72.1 Å². The Morgan fingerprint density at radius 2 is 1.11 bits per heavy atom. The number of azide groups is 2. The van der Waals surface area contributed by atoms with Crippen molar-refractivity contribution in [2.24, 2.45) is 28.0 Å². The van der Waals surface area contributed by atoms with Gasteiger partial charge in [-0.25, -0.2) is 0 Å². The maximum Gasteiger partial charge on any atom is 0.0375 e. The molecule has 0 bridgehead atoms. The van der Waals surface area contributed by atoms with Crippen molar-refractivity contribution in [2.45, 2.75) is 45.4 Å². The Labute approximate surface area is 165 Å². The zero-order chi connectivity index (χ0) is 19.8. The summed E-state index contributed by atoms with van der Waals surface area (Å²) in [6.07, 6.45) is 7.23. The third kappa shape index (κ3) is 5.53. The summed E-state index contributed by atoms with van der Waals surface area (Å²) < 4.78 is 0. The molecule has 0 aromatic heterocycles. The molecule has 0 radical (unpaired) electrons. The molecule has 2 unspecified atom stereocenters. The first-order valence-electron chi connectivity index (χ1n) is 9.98. The Morgan fingerprint density at radius 1 is 0.714 bits per heavy atom. The third-order valence-electron chi connectivity index (χ3n) is 5.82. The van der Waals surface area contributed by atoms with E-state index in [1.807, 2.05) is 24.3 Å². The summed E-state index contributed by atoms with van der Waals surface area (Å²) in [6.45, 7) is 2.30. The molecule has 2 aromatic rings. The molecule has 0 spiro atoms. The molecule has 1 aliphatic carbocycles. The van der Waals surface area contributed by atoms with Crippen LogP contribution < -0.4 is 0 Å². The Bertz CT molecular complexity index is 789. The zero-order valence-electron chi connectivity index (χ0n) is 16.3. The second-order valence-corrected chi connectivity index (χ2v) is 7.83. The average Bonchev–Trinajstić information content (AvgIpc) is 2.71. The molecule has 6 nitrogen and oxygen atoms in total. The van der Waals surface area contributed by atoms with Gasteiger partial charge in [-0.15, -0.1) is 0 Å². The molecule has 0 heterocycles. The van der Waals surface area contributed by atoms with E-state index in [0.717, 1.165) is 18.8 Å². The van der Waals surface area contributed by atoms with Crippen molar-refractivity contribution in [1.29, 1.82) is 0 Å². The smallest absolute Gasteiger partial charge is 0.0375 e. The van der Waals surface area contributed by atoms with Crippen LogP contribution in [0.4, 0.5) is 11.4 Å². The first-order valence-corrected chi connectivity index (χ1v) is 9.98. The van der Waals surface area contributed by atoms with Crippen molar-refractivity contribution in [3.05, 3.63) is 80.5 Å². The average molecular weight is 374 g/mol. The van der Waals surface area contributed by atoms with Gasteiger partial charge in [0.1, 0.15) is 0 Å². The maximum absolute atomic E-state index is 8.54. The highest BCUT2D eigenvalue weighted by atomic mass is 15.1. The molecule has 1 aliphatic rings. The van der Waals surface area contributed by atoms with Crippen LogP contribution in [-0.4, -0.2) is 0 Å². The van der Waals surface area contributed by atoms with Gasteiger partial charge >= 0.3 is 0 Å². The fourth-order valence-corrected chi connectivity index (χ4v) is 4.54. The molecule has 0 saturated heterocycles. The van der Waals surface area contributed by atoms with E-state index >= 15 is 0 Å². The van der Waals surface area contributed by atoms with Gasteiger partial charge in [-0.2, -0.15) is 0 Å². The van der Waals surface area contributed by atoms with Crippen LogP contribution in [0.25, 0.3) is 20.9 Å². The van der Waals surface area contributed by atoms with E-state index in [4.69, 9.17) is 11.1 Å². The van der Waals surface area contributed by atoms with Crippen molar-refractivity contribution < 1.29 is 0 Å². The van der Waals surface area contributed by atoms with Gasteiger partial charge in [-0.05, 0) is 72.0 Å². The third-order valence-corrected chi connectivity index (χ3v) is 5.82. The Hall–Kier alpha value is -2.94. The van der Waals surface area contributed by atoms with Crippen LogP contribution >= 0.6 is 0 Å². The van der Waals surface area contributed by atoms with E-state index in [9.17, 15) is 0 Å². The minimum absolute atomic E-state index is 0.670. The summed E-state index contributed by atoms with van der Waals surface area (Å²) >= 11 is 0. The fourth-order valence-electron chi connectivity index (χ4n) is 4.54. The second-order valence-electron chi connectivity index (χ2n) is 7.83. The first kappa shape index (κ1) is 19.8. The van der Waals surface area contributed by atoms with Crippen molar-refractivity contribution >= 4 is 11.4 Å². The summed E-state index contributed by atoms with van der Waals surface area (Å²) in [5, 5.41) is 7.30. The molecule has 2 atom stereocenters. The van der Waals surface area contributed by atoms with Gasteiger partial charge < -0.3 is 0 Å². The molecule has 6 heteroatoms. The standard InChI is InChI=1S/C22H26N6/c1-2-16-11-19(13-17-3-7-21(8-4-17)25-27-23)15-20(12-16)14-18-5-9-22(10-6-18)26-28-24/h3-10,16,19-20H,2,11-15H2,1H3. The van der Waals surface area contributed by atoms with Gasteiger partial charge in [0.15, 0.2) is 0 Å². The predicted molar refractivity (Wildman–Crippen MR) is 113 cm³/mol. The Kier molecular flexibility index (Phi) is 6.96. The van der Waals surface area contributed by atoms with Crippen LogP contribution in [-0.2, 0) is 12.8 Å². The van der Waals surface area contributed by atoms with Gasteiger partial charge in [0.25, 0.3) is 0 Å². The van der Waals surface area contributed by atoms with Crippen molar-refractivity contribution in [1.82, 2.24) is 0 Å². The van der Waals surface area contributed by atoms with Crippen molar-refractivity contribution in [3.63, 3.8) is 0 Å². The van der Waals surface area contributed by atoms with Gasteiger partial charge in [0, 0.05) is 21.2 Å². The van der Waals surface area contributed by atoms with Crippen molar-refractivity contribution in [3.8, 4) is 0 Å². The lowest BCUT2D eigenvalue weighted by Crippen LogP contribution is -2.25. The van der Waals surface area contributed by atoms with E-state index in [0.29, 0.717) is 23.2 Å². The van der Waals surface area contributed by atoms with Gasteiger partial charge in [0.2, 0.25) is 0 Å². The number of benzene rings is 2. The van der Waals surface area contributed by atoms with E-state index in [-0.39, 0.29) is 0 Å². The molecule has 0 N–H and O–H groups in total. The lowest BCUT2D eigenvalue weighted by atomic mass is 9.70. The lowest BCUT2D eigenvalue weighted by Gasteiger charge is -2.35. The maximum atomic E-state index is 8.54. The second kappa shape index (κ2) is 9.84. The number of rotatable bonds is 7. The molecular formula is C22H26N6. The quantitative estimate of drug-likeness (QED) is 0.268. The largest absolute Gasteiger partial charge is 0.0651 e. The topological polar surface area (TPSA) is 97.5 Å². The number of hydrogen-bond donors (Lipinski definition) is 0. The van der Waals surface area contributed by atoms with Crippen LogP contribution in [0.1, 0.15) is 43.7 Å². The monoisotopic (exact) mass is 374 g/mol. The molecule has 28 heavy (non-hydrogen) atoms. The SMILES string of the molecule is CCC1CC(Cc2ccc(N=[N+]=[N-])cc2)CC(Cc2ccc(N=[N+]=[N-])cc2)C1. The number of nitrogens with zero attached hydrogens (tertiary/aromatic N) is 6. The van der Waals surface area contributed by atoms with Gasteiger partial charge in [-0.3, -0.25) is 0 Å². The molecule has 2 aromatic carbocycles.